The molecule has 0 saturated heterocycles. The summed E-state index contributed by atoms with van der Waals surface area (Å²) < 4.78 is 31.8. The third kappa shape index (κ3) is 9.07. The Labute approximate surface area is 222 Å². The Bertz CT molecular complexity index is 1140. The average molecular weight is 532 g/mol. The van der Waals surface area contributed by atoms with Crippen molar-refractivity contribution in [1.82, 2.24) is 10.2 Å². The van der Waals surface area contributed by atoms with Crippen molar-refractivity contribution in [2.24, 2.45) is 0 Å². The Kier molecular flexibility index (Phi) is 11.9. The summed E-state index contributed by atoms with van der Waals surface area (Å²) in [6.45, 7) is 6.93. The van der Waals surface area contributed by atoms with E-state index < -0.39 is 16.1 Å². The minimum atomic E-state index is -3.61. The fraction of sp³-hybridized carbons (Fsp3) is 0.500. The predicted octanol–water partition coefficient (Wildman–Crippen LogP) is 4.27. The van der Waals surface area contributed by atoms with Crippen LogP contribution in [0.4, 0.5) is 5.69 Å². The maximum absolute atomic E-state index is 13.5. The summed E-state index contributed by atoms with van der Waals surface area (Å²) in [6, 6.07) is 14.2. The van der Waals surface area contributed by atoms with Gasteiger partial charge >= 0.3 is 0 Å². The lowest BCUT2D eigenvalue weighted by Gasteiger charge is -2.31. The largest absolute Gasteiger partial charge is 0.495 e. The molecule has 0 radical (unpaired) electrons. The van der Waals surface area contributed by atoms with E-state index in [9.17, 15) is 18.0 Å². The molecule has 1 N–H and O–H groups in total. The van der Waals surface area contributed by atoms with Crippen molar-refractivity contribution in [3.63, 3.8) is 0 Å². The van der Waals surface area contributed by atoms with E-state index in [2.05, 4.69) is 12.2 Å². The number of ether oxygens (including phenoxy) is 1. The van der Waals surface area contributed by atoms with E-state index in [1.807, 2.05) is 38.1 Å². The molecule has 2 aromatic carbocycles. The van der Waals surface area contributed by atoms with Gasteiger partial charge in [0.1, 0.15) is 11.8 Å². The van der Waals surface area contributed by atoms with Gasteiger partial charge in [-0.05, 0) is 43.9 Å². The lowest BCUT2D eigenvalue weighted by molar-refractivity contribution is -0.141. The Hall–Kier alpha value is -3.07. The van der Waals surface area contributed by atoms with Crippen LogP contribution in [-0.4, -0.2) is 57.6 Å². The number of para-hydroxylation sites is 2. The first-order chi connectivity index (χ1) is 17.6. The van der Waals surface area contributed by atoms with Gasteiger partial charge in [0, 0.05) is 26.1 Å². The molecule has 8 nitrogen and oxygen atoms in total. The molecule has 204 valence electrons. The van der Waals surface area contributed by atoms with Crippen LogP contribution >= 0.6 is 0 Å². The number of amides is 2. The third-order valence-electron chi connectivity index (χ3n) is 6.16. The van der Waals surface area contributed by atoms with Crippen molar-refractivity contribution in [3.05, 3.63) is 59.7 Å². The van der Waals surface area contributed by atoms with Gasteiger partial charge in [0.25, 0.3) is 0 Å². The number of sulfonamides is 1. The van der Waals surface area contributed by atoms with Crippen molar-refractivity contribution >= 4 is 27.5 Å². The number of rotatable bonds is 15. The van der Waals surface area contributed by atoms with Crippen molar-refractivity contribution in [1.29, 1.82) is 0 Å². The van der Waals surface area contributed by atoms with E-state index in [4.69, 9.17) is 4.74 Å². The van der Waals surface area contributed by atoms with E-state index in [1.165, 1.54) is 11.4 Å². The highest BCUT2D eigenvalue weighted by Crippen LogP contribution is 2.29. The monoisotopic (exact) mass is 531 g/mol. The molecule has 9 heteroatoms. The molecule has 0 aliphatic heterocycles. The maximum atomic E-state index is 13.5. The van der Waals surface area contributed by atoms with Crippen LogP contribution < -0.4 is 14.4 Å². The Morgan fingerprint density at radius 1 is 1.05 bits per heavy atom. The van der Waals surface area contributed by atoms with Gasteiger partial charge in [0.15, 0.2) is 0 Å². The van der Waals surface area contributed by atoms with Gasteiger partial charge in [-0.15, -0.1) is 0 Å². The number of aryl methyl sites for hydroxylation is 1. The van der Waals surface area contributed by atoms with Crippen molar-refractivity contribution < 1.29 is 22.7 Å². The van der Waals surface area contributed by atoms with Crippen LogP contribution in [0.5, 0.6) is 5.75 Å². The van der Waals surface area contributed by atoms with Crippen molar-refractivity contribution in [3.8, 4) is 5.75 Å². The summed E-state index contributed by atoms with van der Waals surface area (Å²) in [6.07, 6.45) is 3.85. The SMILES string of the molecule is CCCCNC(=O)C(CC)N(Cc1cccc(C)c1)C(=O)CCCN(c1ccccc1OC)S(C)(=O)=O. The smallest absolute Gasteiger partial charge is 0.242 e. The zero-order valence-electron chi connectivity index (χ0n) is 22.7. The lowest BCUT2D eigenvalue weighted by atomic mass is 10.1. The summed E-state index contributed by atoms with van der Waals surface area (Å²) in [4.78, 5) is 28.2. The molecule has 0 aliphatic rings. The molecule has 0 fully saturated rings. The number of unbranched alkanes of at least 4 members (excludes halogenated alkanes) is 1. The van der Waals surface area contributed by atoms with Crippen molar-refractivity contribution in [2.45, 2.75) is 65.5 Å². The zero-order valence-corrected chi connectivity index (χ0v) is 23.5. The third-order valence-corrected chi connectivity index (χ3v) is 7.34. The number of nitrogens with one attached hydrogen (secondary N) is 1. The molecule has 0 aliphatic carbocycles. The van der Waals surface area contributed by atoms with E-state index in [0.717, 1.165) is 30.2 Å². The molecule has 2 rings (SSSR count). The average Bonchev–Trinajstić information content (AvgIpc) is 2.86. The topological polar surface area (TPSA) is 96.0 Å². The quantitative estimate of drug-likeness (QED) is 0.346. The summed E-state index contributed by atoms with van der Waals surface area (Å²) in [5.41, 5.74) is 2.45. The van der Waals surface area contributed by atoms with Crippen LogP contribution in [-0.2, 0) is 26.2 Å². The molecular weight excluding hydrogens is 490 g/mol. The molecule has 0 spiro atoms. The lowest BCUT2D eigenvalue weighted by Crippen LogP contribution is -2.49. The van der Waals surface area contributed by atoms with E-state index in [1.54, 1.807) is 29.2 Å². The van der Waals surface area contributed by atoms with E-state index >= 15 is 0 Å². The molecule has 2 amide bonds. The number of nitrogens with zero attached hydrogens (tertiary/aromatic N) is 2. The maximum Gasteiger partial charge on any atom is 0.242 e. The molecule has 37 heavy (non-hydrogen) atoms. The number of anilines is 1. The van der Waals surface area contributed by atoms with Crippen LogP contribution in [0.15, 0.2) is 48.5 Å². The van der Waals surface area contributed by atoms with Crippen LogP contribution in [0.25, 0.3) is 0 Å². The molecule has 0 bridgehead atoms. The zero-order chi connectivity index (χ0) is 27.4. The van der Waals surface area contributed by atoms with Gasteiger partial charge in [-0.2, -0.15) is 0 Å². The van der Waals surface area contributed by atoms with Gasteiger partial charge in [0.05, 0.1) is 19.1 Å². The standard InChI is InChI=1S/C28H41N3O5S/c1-6-8-18-29-28(33)24(7-2)30(21-23-14-11-13-22(3)20-23)27(32)17-12-19-31(37(5,34)35)25-15-9-10-16-26(25)36-4/h9-11,13-16,20,24H,6-8,12,17-19,21H2,1-5H3,(H,29,33). The number of hydrogen-bond acceptors (Lipinski definition) is 5. The van der Waals surface area contributed by atoms with Crippen LogP contribution in [0.3, 0.4) is 0 Å². The van der Waals surface area contributed by atoms with Gasteiger partial charge in [-0.3, -0.25) is 13.9 Å². The highest BCUT2D eigenvalue weighted by molar-refractivity contribution is 7.92. The second-order valence-electron chi connectivity index (χ2n) is 9.19. The number of carbonyl (C=O) groups excluding carboxylic acids is 2. The van der Waals surface area contributed by atoms with Gasteiger partial charge in [0.2, 0.25) is 21.8 Å². The van der Waals surface area contributed by atoms with E-state index in [0.29, 0.717) is 37.4 Å². The van der Waals surface area contributed by atoms with Gasteiger partial charge in [-0.25, -0.2) is 8.42 Å². The molecule has 0 heterocycles. The Morgan fingerprint density at radius 3 is 2.41 bits per heavy atom. The number of hydrogen-bond donors (Lipinski definition) is 1. The fourth-order valence-electron chi connectivity index (χ4n) is 4.25. The highest BCUT2D eigenvalue weighted by Gasteiger charge is 2.29. The first-order valence-corrected chi connectivity index (χ1v) is 14.7. The second-order valence-corrected chi connectivity index (χ2v) is 11.1. The molecule has 0 aromatic heterocycles. The first kappa shape index (κ1) is 30.2. The number of carbonyl (C=O) groups is 2. The molecule has 1 unspecified atom stereocenters. The second kappa shape index (κ2) is 14.6. The summed E-state index contributed by atoms with van der Waals surface area (Å²) in [5, 5.41) is 2.96. The first-order valence-electron chi connectivity index (χ1n) is 12.9. The van der Waals surface area contributed by atoms with Crippen molar-refractivity contribution in [2.75, 3.05) is 30.8 Å². The summed E-state index contributed by atoms with van der Waals surface area (Å²) in [5.74, 6) is 0.0892. The minimum absolute atomic E-state index is 0.103. The number of methoxy groups -OCH3 is 1. The van der Waals surface area contributed by atoms with Gasteiger partial charge in [-0.1, -0.05) is 62.2 Å². The van der Waals surface area contributed by atoms with Crippen LogP contribution in [0.1, 0.15) is 57.1 Å². The van der Waals surface area contributed by atoms with Crippen LogP contribution in [0.2, 0.25) is 0 Å². The number of benzene rings is 2. The molecule has 1 atom stereocenters. The Morgan fingerprint density at radius 2 is 1.78 bits per heavy atom. The summed E-state index contributed by atoms with van der Waals surface area (Å²) >= 11 is 0. The van der Waals surface area contributed by atoms with Gasteiger partial charge < -0.3 is 15.0 Å². The van der Waals surface area contributed by atoms with E-state index in [-0.39, 0.29) is 24.8 Å². The van der Waals surface area contributed by atoms with Crippen LogP contribution in [0, 0.1) is 6.92 Å². The Balaban J connectivity index is 2.22. The predicted molar refractivity (Wildman–Crippen MR) is 148 cm³/mol. The highest BCUT2D eigenvalue weighted by atomic mass is 32.2. The molecule has 0 saturated carbocycles. The fourth-order valence-corrected chi connectivity index (χ4v) is 5.22. The molecule has 2 aromatic rings. The molecular formula is C28H41N3O5S. The normalized spacial score (nSPS) is 12.0. The summed E-state index contributed by atoms with van der Waals surface area (Å²) in [7, 11) is -2.12. The minimum Gasteiger partial charge on any atom is -0.495 e.